The first-order valence-electron chi connectivity index (χ1n) is 10.7. The number of nitrogen functional groups attached to an aromatic ring is 1. The van der Waals surface area contributed by atoms with E-state index in [-0.39, 0.29) is 5.82 Å². The molecule has 1 atom stereocenters. The third-order valence-electron chi connectivity index (χ3n) is 5.75. The lowest BCUT2D eigenvalue weighted by atomic mass is 10.0. The molecule has 0 aliphatic heterocycles. The van der Waals surface area contributed by atoms with Crippen molar-refractivity contribution >= 4 is 39.6 Å². The number of halogens is 3. The predicted molar refractivity (Wildman–Crippen MR) is 126 cm³/mol. The third-order valence-corrected chi connectivity index (χ3v) is 6.75. The summed E-state index contributed by atoms with van der Waals surface area (Å²) < 4.78 is 31.2. The maximum absolute atomic E-state index is 14.3. The molecule has 0 saturated carbocycles. The molecule has 0 bridgehead atoms. The van der Waals surface area contributed by atoms with Crippen LogP contribution in [0.1, 0.15) is 55.4 Å². The van der Waals surface area contributed by atoms with Crippen molar-refractivity contribution in [3.63, 3.8) is 0 Å². The molecule has 1 aromatic carbocycles. The van der Waals surface area contributed by atoms with Crippen molar-refractivity contribution in [2.75, 3.05) is 18.8 Å². The molecular weight excluding hydrogens is 513 g/mol. The second kappa shape index (κ2) is 9.32. The highest BCUT2D eigenvalue weighted by Crippen LogP contribution is 2.36. The van der Waals surface area contributed by atoms with Gasteiger partial charge in [-0.15, -0.1) is 0 Å². The Hall–Kier alpha value is -1.88. The van der Waals surface area contributed by atoms with Gasteiger partial charge >= 0.3 is 6.08 Å². The van der Waals surface area contributed by atoms with Crippen LogP contribution in [0, 0.1) is 15.6 Å². The lowest BCUT2D eigenvalue weighted by Gasteiger charge is -2.13. The SMILES string of the molecule is CC(C)CCNCCn1c(Cc2cc3c(cc2I)CCC3F)nc2c(N)nc(F)nc21. The molecule has 0 radical (unpaired) electrons. The highest BCUT2D eigenvalue weighted by atomic mass is 127. The zero-order valence-electron chi connectivity index (χ0n) is 17.8. The van der Waals surface area contributed by atoms with E-state index in [1.807, 2.05) is 10.6 Å². The Kier molecular flexibility index (Phi) is 6.71. The molecule has 4 rings (SSSR count). The summed E-state index contributed by atoms with van der Waals surface area (Å²) in [4.78, 5) is 12.2. The standard InChI is InChI=1S/C22H27F2IN6/c1-12(2)5-6-27-7-8-31-18(28-19-20(26)29-22(24)30-21(19)31)11-14-9-15-13(10-17(14)25)3-4-16(15)23/h9-10,12,16,27H,3-8,11H2,1-2H3,(H2,26,29,30). The van der Waals surface area contributed by atoms with Crippen LogP contribution in [-0.2, 0) is 19.4 Å². The van der Waals surface area contributed by atoms with Gasteiger partial charge in [-0.05, 0) is 77.1 Å². The molecule has 2 aromatic heterocycles. The summed E-state index contributed by atoms with van der Waals surface area (Å²) in [5.41, 5.74) is 9.59. The van der Waals surface area contributed by atoms with Gasteiger partial charge in [0.05, 0.1) is 0 Å². The molecule has 1 aliphatic rings. The Labute approximate surface area is 194 Å². The minimum Gasteiger partial charge on any atom is -0.382 e. The van der Waals surface area contributed by atoms with Crippen LogP contribution in [0.4, 0.5) is 14.6 Å². The minimum absolute atomic E-state index is 0.0303. The number of fused-ring (bicyclic) bond motifs is 2. The summed E-state index contributed by atoms with van der Waals surface area (Å²) in [6.07, 6.45) is 1.11. The van der Waals surface area contributed by atoms with Gasteiger partial charge in [-0.2, -0.15) is 14.4 Å². The fraction of sp³-hybridized carbons (Fsp3) is 0.500. The second-order valence-electron chi connectivity index (χ2n) is 8.49. The van der Waals surface area contributed by atoms with Gasteiger partial charge in [-0.25, -0.2) is 9.37 Å². The Morgan fingerprint density at radius 1 is 1.26 bits per heavy atom. The third kappa shape index (κ3) is 4.82. The first-order chi connectivity index (χ1) is 14.8. The molecule has 0 fully saturated rings. The second-order valence-corrected chi connectivity index (χ2v) is 9.65. The normalized spacial score (nSPS) is 15.9. The van der Waals surface area contributed by atoms with E-state index < -0.39 is 12.2 Å². The van der Waals surface area contributed by atoms with Crippen LogP contribution in [0.5, 0.6) is 0 Å². The Balaban J connectivity index is 1.65. The molecule has 1 aliphatic carbocycles. The Bertz CT molecular complexity index is 1100. The zero-order valence-corrected chi connectivity index (χ0v) is 19.9. The lowest BCUT2D eigenvalue weighted by Crippen LogP contribution is -2.23. The van der Waals surface area contributed by atoms with Crippen LogP contribution in [0.25, 0.3) is 11.2 Å². The highest BCUT2D eigenvalue weighted by molar-refractivity contribution is 14.1. The Morgan fingerprint density at radius 2 is 2.06 bits per heavy atom. The van der Waals surface area contributed by atoms with Gasteiger partial charge in [0.2, 0.25) is 0 Å². The van der Waals surface area contributed by atoms with Crippen molar-refractivity contribution in [3.8, 4) is 0 Å². The summed E-state index contributed by atoms with van der Waals surface area (Å²) in [5.74, 6) is 1.38. The number of aryl methyl sites for hydroxylation is 1. The van der Waals surface area contributed by atoms with Crippen LogP contribution in [0.2, 0.25) is 0 Å². The van der Waals surface area contributed by atoms with Crippen molar-refractivity contribution in [1.29, 1.82) is 0 Å². The summed E-state index contributed by atoms with van der Waals surface area (Å²) in [7, 11) is 0. The van der Waals surface area contributed by atoms with Gasteiger partial charge in [-0.3, -0.25) is 0 Å². The number of aromatic nitrogens is 4. The molecule has 0 saturated heterocycles. The van der Waals surface area contributed by atoms with E-state index in [4.69, 9.17) is 5.73 Å². The number of rotatable bonds is 8. The number of nitrogens with zero attached hydrogens (tertiary/aromatic N) is 4. The fourth-order valence-electron chi connectivity index (χ4n) is 4.05. The van der Waals surface area contributed by atoms with Gasteiger partial charge < -0.3 is 15.6 Å². The average molecular weight is 540 g/mol. The van der Waals surface area contributed by atoms with E-state index in [0.717, 1.165) is 45.5 Å². The van der Waals surface area contributed by atoms with Gasteiger partial charge in [0.25, 0.3) is 0 Å². The number of benzene rings is 1. The molecule has 2 heterocycles. The molecule has 3 aromatic rings. The zero-order chi connectivity index (χ0) is 22.1. The number of anilines is 1. The van der Waals surface area contributed by atoms with Gasteiger partial charge in [0, 0.05) is 23.1 Å². The molecule has 3 N–H and O–H groups in total. The topological polar surface area (TPSA) is 81.7 Å². The molecule has 166 valence electrons. The number of imidazole rings is 1. The van der Waals surface area contributed by atoms with Gasteiger partial charge in [0.1, 0.15) is 12.0 Å². The van der Waals surface area contributed by atoms with Crippen molar-refractivity contribution < 1.29 is 8.78 Å². The number of hydrogen-bond donors (Lipinski definition) is 2. The van der Waals surface area contributed by atoms with E-state index in [1.165, 1.54) is 0 Å². The van der Waals surface area contributed by atoms with Crippen molar-refractivity contribution in [2.45, 2.75) is 52.2 Å². The van der Waals surface area contributed by atoms with E-state index >= 15 is 0 Å². The van der Waals surface area contributed by atoms with Crippen LogP contribution >= 0.6 is 22.6 Å². The monoisotopic (exact) mass is 540 g/mol. The van der Waals surface area contributed by atoms with Crippen molar-refractivity contribution in [3.05, 3.63) is 44.3 Å². The van der Waals surface area contributed by atoms with Gasteiger partial charge in [0.15, 0.2) is 17.0 Å². The van der Waals surface area contributed by atoms with Gasteiger partial charge in [-0.1, -0.05) is 19.9 Å². The van der Waals surface area contributed by atoms with E-state index in [2.05, 4.69) is 62.8 Å². The van der Waals surface area contributed by atoms with Crippen molar-refractivity contribution in [1.82, 2.24) is 24.8 Å². The lowest BCUT2D eigenvalue weighted by molar-refractivity contribution is 0.343. The molecule has 1 unspecified atom stereocenters. The highest BCUT2D eigenvalue weighted by Gasteiger charge is 2.24. The van der Waals surface area contributed by atoms with Crippen LogP contribution in [0.3, 0.4) is 0 Å². The minimum atomic E-state index is -0.912. The number of nitrogens with two attached hydrogens (primary N) is 1. The van der Waals surface area contributed by atoms with Crippen molar-refractivity contribution in [2.24, 2.45) is 5.92 Å². The molecule has 31 heavy (non-hydrogen) atoms. The number of alkyl halides is 1. The van der Waals surface area contributed by atoms with E-state index in [9.17, 15) is 8.78 Å². The average Bonchev–Trinajstić information content (AvgIpc) is 3.22. The molecule has 0 spiro atoms. The summed E-state index contributed by atoms with van der Waals surface area (Å²) >= 11 is 2.29. The van der Waals surface area contributed by atoms with E-state index in [0.29, 0.717) is 43.0 Å². The number of hydrogen-bond acceptors (Lipinski definition) is 5. The van der Waals surface area contributed by atoms with Crippen LogP contribution in [-0.4, -0.2) is 32.6 Å². The summed E-state index contributed by atoms with van der Waals surface area (Å²) in [6, 6.07) is 4.02. The molecule has 0 amide bonds. The Morgan fingerprint density at radius 3 is 2.84 bits per heavy atom. The molecule has 6 nitrogen and oxygen atoms in total. The maximum atomic E-state index is 14.3. The summed E-state index contributed by atoms with van der Waals surface area (Å²) in [6.45, 7) is 6.56. The van der Waals surface area contributed by atoms with Crippen LogP contribution in [0.15, 0.2) is 12.1 Å². The summed E-state index contributed by atoms with van der Waals surface area (Å²) in [5, 5.41) is 3.42. The quantitative estimate of drug-likeness (QED) is 0.253. The smallest absolute Gasteiger partial charge is 0.312 e. The molecule has 9 heteroatoms. The number of nitrogens with one attached hydrogen (secondary N) is 1. The predicted octanol–water partition coefficient (Wildman–Crippen LogP) is 4.34. The largest absolute Gasteiger partial charge is 0.382 e. The fourth-order valence-corrected chi connectivity index (χ4v) is 4.77. The van der Waals surface area contributed by atoms with Crippen LogP contribution < -0.4 is 11.1 Å². The maximum Gasteiger partial charge on any atom is 0.312 e. The first-order valence-corrected chi connectivity index (χ1v) is 11.8. The van der Waals surface area contributed by atoms with E-state index in [1.54, 1.807) is 0 Å². The first kappa shape index (κ1) is 22.3. The molecular formula is C22H27F2IN6.